The molecule has 3 nitrogen and oxygen atoms in total. The number of carbonyl (C=O) groups excluding carboxylic acids is 1. The van der Waals surface area contributed by atoms with Gasteiger partial charge in [0.25, 0.3) is 5.91 Å². The molecule has 2 rings (SSSR count). The molecule has 0 spiro atoms. The Labute approximate surface area is 142 Å². The summed E-state index contributed by atoms with van der Waals surface area (Å²) in [5, 5.41) is 2.97. The smallest absolute Gasteiger partial charge is 0.261 e. The van der Waals surface area contributed by atoms with Crippen molar-refractivity contribution in [3.8, 4) is 0 Å². The number of aryl methyl sites for hydroxylation is 2. The van der Waals surface area contributed by atoms with Crippen LogP contribution in [-0.4, -0.2) is 19.1 Å². The van der Waals surface area contributed by atoms with Gasteiger partial charge in [0.05, 0.1) is 11.0 Å². The minimum absolute atomic E-state index is 0.0221. The van der Waals surface area contributed by atoms with Crippen molar-refractivity contribution in [2.75, 3.05) is 13.2 Å². The fourth-order valence-corrected chi connectivity index (χ4v) is 3.45. The number of hydrogen-bond donors (Lipinski definition) is 1. The number of nitrogens with one attached hydrogen (secondary N) is 1. The van der Waals surface area contributed by atoms with Crippen LogP contribution in [0, 0.1) is 6.92 Å². The van der Waals surface area contributed by atoms with E-state index in [0.717, 1.165) is 17.7 Å². The van der Waals surface area contributed by atoms with Gasteiger partial charge in [0, 0.05) is 18.0 Å². The first-order chi connectivity index (χ1) is 11.1. The van der Waals surface area contributed by atoms with Gasteiger partial charge in [-0.1, -0.05) is 37.3 Å². The molecule has 0 bridgehead atoms. The van der Waals surface area contributed by atoms with E-state index in [4.69, 9.17) is 4.74 Å². The molecule has 1 N–H and O–H groups in total. The molecule has 0 aliphatic heterocycles. The second-order valence-corrected chi connectivity index (χ2v) is 6.74. The second kappa shape index (κ2) is 8.85. The summed E-state index contributed by atoms with van der Waals surface area (Å²) in [7, 11) is 0. The van der Waals surface area contributed by atoms with Gasteiger partial charge < -0.3 is 10.1 Å². The summed E-state index contributed by atoms with van der Waals surface area (Å²) in [6, 6.07) is 12.1. The van der Waals surface area contributed by atoms with E-state index < -0.39 is 0 Å². The standard InChI is InChI=1S/C19H25NO2S/c1-4-17-14(2)13-18(23-17)19(21)20-11-8-12-22-15(3)16-9-6-5-7-10-16/h5-7,9-10,13,15H,4,8,11-12H2,1-3H3,(H,20,21). The number of amides is 1. The minimum Gasteiger partial charge on any atom is -0.374 e. The van der Waals surface area contributed by atoms with Crippen molar-refractivity contribution in [3.63, 3.8) is 0 Å². The summed E-state index contributed by atoms with van der Waals surface area (Å²) in [6.07, 6.45) is 1.88. The van der Waals surface area contributed by atoms with Crippen LogP contribution in [0.15, 0.2) is 36.4 Å². The number of benzene rings is 1. The summed E-state index contributed by atoms with van der Waals surface area (Å²) in [4.78, 5) is 14.2. The van der Waals surface area contributed by atoms with Gasteiger partial charge in [-0.25, -0.2) is 0 Å². The molecule has 0 radical (unpaired) electrons. The zero-order valence-electron chi connectivity index (χ0n) is 14.1. The monoisotopic (exact) mass is 331 g/mol. The van der Waals surface area contributed by atoms with Gasteiger partial charge >= 0.3 is 0 Å². The lowest BCUT2D eigenvalue weighted by molar-refractivity contribution is 0.0635. The Morgan fingerprint density at radius 2 is 2.04 bits per heavy atom. The lowest BCUT2D eigenvalue weighted by Gasteiger charge is -2.13. The maximum Gasteiger partial charge on any atom is 0.261 e. The topological polar surface area (TPSA) is 38.3 Å². The van der Waals surface area contributed by atoms with Gasteiger partial charge in [0.2, 0.25) is 0 Å². The Morgan fingerprint density at radius 1 is 1.30 bits per heavy atom. The van der Waals surface area contributed by atoms with Gasteiger partial charge in [-0.15, -0.1) is 11.3 Å². The molecule has 1 unspecified atom stereocenters. The van der Waals surface area contributed by atoms with Crippen LogP contribution >= 0.6 is 11.3 Å². The molecule has 0 aliphatic rings. The Hall–Kier alpha value is -1.65. The summed E-state index contributed by atoms with van der Waals surface area (Å²) in [5.74, 6) is 0.0221. The van der Waals surface area contributed by atoms with E-state index in [9.17, 15) is 4.79 Å². The minimum atomic E-state index is 0.0221. The van der Waals surface area contributed by atoms with Crippen molar-refractivity contribution in [2.45, 2.75) is 39.7 Å². The molecule has 23 heavy (non-hydrogen) atoms. The molecule has 0 saturated carbocycles. The van der Waals surface area contributed by atoms with Crippen molar-refractivity contribution in [3.05, 3.63) is 57.3 Å². The van der Waals surface area contributed by atoms with Gasteiger partial charge in [0.15, 0.2) is 0 Å². The van der Waals surface area contributed by atoms with E-state index >= 15 is 0 Å². The predicted octanol–water partition coefficient (Wildman–Crippen LogP) is 4.52. The molecule has 1 aromatic heterocycles. The predicted molar refractivity (Wildman–Crippen MR) is 96.2 cm³/mol. The summed E-state index contributed by atoms with van der Waals surface area (Å²) < 4.78 is 5.81. The summed E-state index contributed by atoms with van der Waals surface area (Å²) in [5.41, 5.74) is 2.39. The van der Waals surface area contributed by atoms with Crippen LogP contribution in [0.5, 0.6) is 0 Å². The fourth-order valence-electron chi connectivity index (χ4n) is 2.42. The Morgan fingerprint density at radius 3 is 2.70 bits per heavy atom. The highest BCUT2D eigenvalue weighted by molar-refractivity contribution is 7.14. The third kappa shape index (κ3) is 5.19. The average Bonchev–Trinajstić information content (AvgIpc) is 2.96. The lowest BCUT2D eigenvalue weighted by atomic mass is 10.1. The van der Waals surface area contributed by atoms with E-state index in [2.05, 4.69) is 38.2 Å². The van der Waals surface area contributed by atoms with Crippen LogP contribution in [0.3, 0.4) is 0 Å². The van der Waals surface area contributed by atoms with E-state index in [1.807, 2.05) is 24.3 Å². The molecule has 1 aromatic carbocycles. The molecule has 124 valence electrons. The van der Waals surface area contributed by atoms with Crippen LogP contribution < -0.4 is 5.32 Å². The number of hydrogen-bond acceptors (Lipinski definition) is 3. The van der Waals surface area contributed by atoms with Crippen LogP contribution in [0.1, 0.15) is 52.0 Å². The normalized spacial score (nSPS) is 12.1. The zero-order chi connectivity index (χ0) is 16.7. The first-order valence-corrected chi connectivity index (χ1v) is 8.97. The fraction of sp³-hybridized carbons (Fsp3) is 0.421. The molecular weight excluding hydrogens is 306 g/mol. The van der Waals surface area contributed by atoms with E-state index in [1.165, 1.54) is 16.0 Å². The van der Waals surface area contributed by atoms with Crippen LogP contribution in [0.2, 0.25) is 0 Å². The number of carbonyl (C=O) groups is 1. The van der Waals surface area contributed by atoms with E-state index in [1.54, 1.807) is 11.3 Å². The van der Waals surface area contributed by atoms with Crippen molar-refractivity contribution >= 4 is 17.2 Å². The second-order valence-electron chi connectivity index (χ2n) is 5.60. The molecule has 1 amide bonds. The number of thiophene rings is 1. The molecule has 1 atom stereocenters. The van der Waals surface area contributed by atoms with Crippen LogP contribution in [-0.2, 0) is 11.2 Å². The maximum absolute atomic E-state index is 12.1. The van der Waals surface area contributed by atoms with Crippen molar-refractivity contribution in [1.29, 1.82) is 0 Å². The van der Waals surface area contributed by atoms with E-state index in [0.29, 0.717) is 13.2 Å². The largest absolute Gasteiger partial charge is 0.374 e. The van der Waals surface area contributed by atoms with Crippen molar-refractivity contribution in [2.24, 2.45) is 0 Å². The van der Waals surface area contributed by atoms with Gasteiger partial charge in [0.1, 0.15) is 0 Å². The summed E-state index contributed by atoms with van der Waals surface area (Å²) >= 11 is 1.59. The van der Waals surface area contributed by atoms with Crippen LogP contribution in [0.4, 0.5) is 0 Å². The molecule has 0 aliphatic carbocycles. The third-order valence-electron chi connectivity index (χ3n) is 3.81. The molecule has 1 heterocycles. The van der Waals surface area contributed by atoms with E-state index in [-0.39, 0.29) is 12.0 Å². The summed E-state index contributed by atoms with van der Waals surface area (Å²) in [6.45, 7) is 7.50. The molecule has 0 saturated heterocycles. The molecule has 0 fully saturated rings. The van der Waals surface area contributed by atoms with Gasteiger partial charge in [-0.05, 0) is 43.9 Å². The first kappa shape index (κ1) is 17.7. The highest BCUT2D eigenvalue weighted by atomic mass is 32.1. The Balaban J connectivity index is 1.68. The Bertz CT molecular complexity index is 622. The van der Waals surface area contributed by atoms with Crippen molar-refractivity contribution < 1.29 is 9.53 Å². The highest BCUT2D eigenvalue weighted by Crippen LogP contribution is 2.22. The molecule has 4 heteroatoms. The SMILES string of the molecule is CCc1sc(C(=O)NCCCOC(C)c2ccccc2)cc1C. The van der Waals surface area contributed by atoms with Gasteiger partial charge in [-0.2, -0.15) is 0 Å². The molecular formula is C19H25NO2S. The average molecular weight is 331 g/mol. The van der Waals surface area contributed by atoms with Gasteiger partial charge in [-0.3, -0.25) is 4.79 Å². The lowest BCUT2D eigenvalue weighted by Crippen LogP contribution is -2.24. The third-order valence-corrected chi connectivity index (χ3v) is 5.19. The number of ether oxygens (including phenoxy) is 1. The van der Waals surface area contributed by atoms with Crippen LogP contribution in [0.25, 0.3) is 0 Å². The quantitative estimate of drug-likeness (QED) is 0.722. The first-order valence-electron chi connectivity index (χ1n) is 8.16. The highest BCUT2D eigenvalue weighted by Gasteiger charge is 2.11. The Kier molecular flexibility index (Phi) is 6.81. The molecule has 2 aromatic rings. The maximum atomic E-state index is 12.1. The number of rotatable bonds is 8. The van der Waals surface area contributed by atoms with Crippen molar-refractivity contribution in [1.82, 2.24) is 5.32 Å². The zero-order valence-corrected chi connectivity index (χ0v) is 14.9.